The van der Waals surface area contributed by atoms with Crippen LogP contribution in [0, 0.1) is 0 Å². The number of rotatable bonds is 1. The van der Waals surface area contributed by atoms with E-state index in [2.05, 4.69) is 15.5 Å². The summed E-state index contributed by atoms with van der Waals surface area (Å²) in [5.41, 5.74) is 13.4. The van der Waals surface area contributed by atoms with Crippen LogP contribution in [0.15, 0.2) is 18.2 Å². The highest BCUT2D eigenvalue weighted by molar-refractivity contribution is 5.67. The number of nitrogens with two attached hydrogens (primary N) is 2. The van der Waals surface area contributed by atoms with Crippen molar-refractivity contribution in [1.82, 2.24) is 20.2 Å². The Morgan fingerprint density at radius 3 is 2.18 bits per heavy atom. The maximum absolute atomic E-state index is 5.77. The molecule has 0 radical (unpaired) electrons. The van der Waals surface area contributed by atoms with Crippen LogP contribution in [-0.4, -0.2) is 20.2 Å². The van der Waals surface area contributed by atoms with Crippen LogP contribution < -0.4 is 11.5 Å². The summed E-state index contributed by atoms with van der Waals surface area (Å²) in [7, 11) is 0. The average Bonchev–Trinajstić information content (AvgIpc) is 2.63. The van der Waals surface area contributed by atoms with E-state index in [0.29, 0.717) is 17.2 Å². The molecule has 0 spiro atoms. The van der Waals surface area contributed by atoms with Crippen molar-refractivity contribution in [3.05, 3.63) is 18.2 Å². The molecule has 0 unspecified atom stereocenters. The number of aromatic nitrogens is 4. The minimum atomic E-state index is -0.196. The molecule has 0 bridgehead atoms. The fourth-order valence-electron chi connectivity index (χ4n) is 1.62. The first-order valence-corrected chi connectivity index (χ1v) is 5.33. The van der Waals surface area contributed by atoms with E-state index in [4.69, 9.17) is 11.5 Å². The standard InChI is InChI=1S/C11H16N6/c1-11(2,3)17-10(14-15-16-17)7-4-8(12)6-9(13)5-7/h4-6H,12-13H2,1-3H3. The van der Waals surface area contributed by atoms with Crippen LogP contribution in [0.2, 0.25) is 0 Å². The van der Waals surface area contributed by atoms with Crippen molar-refractivity contribution in [3.8, 4) is 11.4 Å². The van der Waals surface area contributed by atoms with Crippen molar-refractivity contribution in [2.24, 2.45) is 0 Å². The van der Waals surface area contributed by atoms with Crippen LogP contribution in [-0.2, 0) is 5.54 Å². The summed E-state index contributed by atoms with van der Waals surface area (Å²) in [4.78, 5) is 0. The summed E-state index contributed by atoms with van der Waals surface area (Å²) in [6.45, 7) is 6.09. The largest absolute Gasteiger partial charge is 0.399 e. The van der Waals surface area contributed by atoms with Gasteiger partial charge >= 0.3 is 0 Å². The van der Waals surface area contributed by atoms with E-state index in [1.807, 2.05) is 32.9 Å². The lowest BCUT2D eigenvalue weighted by atomic mass is 10.1. The zero-order valence-corrected chi connectivity index (χ0v) is 10.2. The molecular formula is C11H16N6. The molecule has 0 aliphatic rings. The van der Waals surface area contributed by atoms with Crippen molar-refractivity contribution >= 4 is 11.4 Å². The molecule has 6 nitrogen and oxygen atoms in total. The highest BCUT2D eigenvalue weighted by Crippen LogP contribution is 2.25. The van der Waals surface area contributed by atoms with Gasteiger partial charge in [0, 0.05) is 16.9 Å². The minimum absolute atomic E-state index is 0.196. The van der Waals surface area contributed by atoms with E-state index in [1.54, 1.807) is 10.7 Å². The zero-order valence-electron chi connectivity index (χ0n) is 10.2. The Balaban J connectivity index is 2.57. The highest BCUT2D eigenvalue weighted by Gasteiger charge is 2.20. The number of benzene rings is 1. The second kappa shape index (κ2) is 3.73. The number of hydrogen-bond donors (Lipinski definition) is 2. The van der Waals surface area contributed by atoms with Gasteiger partial charge in [0.1, 0.15) is 0 Å². The van der Waals surface area contributed by atoms with E-state index in [0.717, 1.165) is 5.56 Å². The molecule has 17 heavy (non-hydrogen) atoms. The molecular weight excluding hydrogens is 216 g/mol. The summed E-state index contributed by atoms with van der Waals surface area (Å²) in [6, 6.07) is 5.32. The first kappa shape index (κ1) is 11.4. The molecule has 6 heteroatoms. The SMILES string of the molecule is CC(C)(C)n1nnnc1-c1cc(N)cc(N)c1. The van der Waals surface area contributed by atoms with Crippen molar-refractivity contribution in [1.29, 1.82) is 0 Å². The van der Waals surface area contributed by atoms with Gasteiger partial charge < -0.3 is 11.5 Å². The van der Waals surface area contributed by atoms with Crippen LogP contribution in [0.4, 0.5) is 11.4 Å². The molecule has 0 amide bonds. The summed E-state index contributed by atoms with van der Waals surface area (Å²) in [5, 5.41) is 11.7. The Hall–Kier alpha value is -2.11. The maximum Gasteiger partial charge on any atom is 0.182 e. The van der Waals surface area contributed by atoms with Gasteiger partial charge in [-0.3, -0.25) is 0 Å². The molecule has 1 aromatic heterocycles. The Kier molecular flexibility index (Phi) is 2.49. The van der Waals surface area contributed by atoms with Gasteiger partial charge in [0.2, 0.25) is 0 Å². The van der Waals surface area contributed by atoms with Gasteiger partial charge in [-0.1, -0.05) is 0 Å². The van der Waals surface area contributed by atoms with Crippen molar-refractivity contribution in [2.75, 3.05) is 11.5 Å². The molecule has 0 fully saturated rings. The second-order valence-electron chi connectivity index (χ2n) is 4.97. The first-order valence-electron chi connectivity index (χ1n) is 5.33. The predicted octanol–water partition coefficient (Wildman–Crippen LogP) is 1.26. The normalized spacial score (nSPS) is 11.7. The number of tetrazole rings is 1. The lowest BCUT2D eigenvalue weighted by Gasteiger charge is -2.20. The van der Waals surface area contributed by atoms with Crippen LogP contribution in [0.5, 0.6) is 0 Å². The lowest BCUT2D eigenvalue weighted by Crippen LogP contribution is -2.24. The highest BCUT2D eigenvalue weighted by atomic mass is 15.6. The number of nitrogen functional groups attached to an aromatic ring is 2. The molecule has 0 atom stereocenters. The van der Waals surface area contributed by atoms with E-state index < -0.39 is 0 Å². The molecule has 0 aliphatic carbocycles. The van der Waals surface area contributed by atoms with Crippen LogP contribution in [0.25, 0.3) is 11.4 Å². The first-order chi connectivity index (χ1) is 7.88. The fourth-order valence-corrected chi connectivity index (χ4v) is 1.62. The minimum Gasteiger partial charge on any atom is -0.399 e. The number of hydrogen-bond acceptors (Lipinski definition) is 5. The Bertz CT molecular complexity index is 517. The molecule has 90 valence electrons. The third-order valence-corrected chi connectivity index (χ3v) is 2.34. The Morgan fingerprint density at radius 2 is 1.65 bits per heavy atom. The number of nitrogens with zero attached hydrogens (tertiary/aromatic N) is 4. The maximum atomic E-state index is 5.77. The summed E-state index contributed by atoms with van der Waals surface area (Å²) in [6.07, 6.45) is 0. The second-order valence-corrected chi connectivity index (χ2v) is 4.97. The van der Waals surface area contributed by atoms with Crippen molar-refractivity contribution in [3.63, 3.8) is 0 Å². The molecule has 0 saturated heterocycles. The molecule has 1 heterocycles. The molecule has 0 aliphatic heterocycles. The monoisotopic (exact) mass is 232 g/mol. The van der Waals surface area contributed by atoms with Crippen LogP contribution >= 0.6 is 0 Å². The summed E-state index contributed by atoms with van der Waals surface area (Å²) >= 11 is 0. The van der Waals surface area contributed by atoms with Crippen LogP contribution in [0.1, 0.15) is 20.8 Å². The van der Waals surface area contributed by atoms with E-state index >= 15 is 0 Å². The van der Waals surface area contributed by atoms with Crippen LogP contribution in [0.3, 0.4) is 0 Å². The molecule has 2 aromatic rings. The van der Waals surface area contributed by atoms with E-state index in [9.17, 15) is 0 Å². The summed E-state index contributed by atoms with van der Waals surface area (Å²) in [5.74, 6) is 0.663. The zero-order chi connectivity index (χ0) is 12.6. The fraction of sp³-hybridized carbons (Fsp3) is 0.364. The number of anilines is 2. The molecule has 2 rings (SSSR count). The van der Waals surface area contributed by atoms with Crippen molar-refractivity contribution < 1.29 is 0 Å². The smallest absolute Gasteiger partial charge is 0.182 e. The molecule has 4 N–H and O–H groups in total. The van der Waals surface area contributed by atoms with E-state index in [-0.39, 0.29) is 5.54 Å². The van der Waals surface area contributed by atoms with Gasteiger partial charge in [0.05, 0.1) is 5.54 Å². The molecule has 0 saturated carbocycles. The molecule has 1 aromatic carbocycles. The quantitative estimate of drug-likeness (QED) is 0.721. The Labute approximate surface area is 99.6 Å². The van der Waals surface area contributed by atoms with Gasteiger partial charge in [-0.25, -0.2) is 4.68 Å². The topological polar surface area (TPSA) is 95.6 Å². The van der Waals surface area contributed by atoms with Gasteiger partial charge in [-0.15, -0.1) is 5.10 Å². The van der Waals surface area contributed by atoms with Gasteiger partial charge in [0.15, 0.2) is 5.82 Å². The van der Waals surface area contributed by atoms with Gasteiger partial charge in [0.25, 0.3) is 0 Å². The third-order valence-electron chi connectivity index (χ3n) is 2.34. The summed E-state index contributed by atoms with van der Waals surface area (Å²) < 4.78 is 1.75. The average molecular weight is 232 g/mol. The van der Waals surface area contributed by atoms with Gasteiger partial charge in [-0.2, -0.15) is 0 Å². The Morgan fingerprint density at radius 1 is 1.06 bits per heavy atom. The van der Waals surface area contributed by atoms with E-state index in [1.165, 1.54) is 0 Å². The third kappa shape index (κ3) is 2.20. The van der Waals surface area contributed by atoms with Gasteiger partial charge in [-0.05, 0) is 49.4 Å². The van der Waals surface area contributed by atoms with Crippen molar-refractivity contribution in [2.45, 2.75) is 26.3 Å². The lowest BCUT2D eigenvalue weighted by molar-refractivity contribution is 0.351. The predicted molar refractivity (Wildman–Crippen MR) is 67.1 cm³/mol.